The molecule has 0 aliphatic carbocycles. The third-order valence-electron chi connectivity index (χ3n) is 3.80. The van der Waals surface area contributed by atoms with E-state index in [0.717, 1.165) is 25.1 Å². The summed E-state index contributed by atoms with van der Waals surface area (Å²) in [6.07, 6.45) is 0.867. The predicted octanol–water partition coefficient (Wildman–Crippen LogP) is 4.21. The first kappa shape index (κ1) is 14.4. The first-order valence-corrected chi connectivity index (χ1v) is 7.49. The van der Waals surface area contributed by atoms with Crippen molar-refractivity contribution in [1.82, 2.24) is 5.32 Å². The van der Waals surface area contributed by atoms with Crippen molar-refractivity contribution in [3.63, 3.8) is 0 Å². The van der Waals surface area contributed by atoms with Gasteiger partial charge in [0.05, 0.1) is 0 Å². The van der Waals surface area contributed by atoms with Crippen molar-refractivity contribution >= 4 is 11.6 Å². The Kier molecular flexibility index (Phi) is 4.42. The van der Waals surface area contributed by atoms with Crippen LogP contribution in [0.2, 0.25) is 5.02 Å². The highest BCUT2D eigenvalue weighted by atomic mass is 35.5. The van der Waals surface area contributed by atoms with Gasteiger partial charge in [-0.3, -0.25) is 0 Å². The minimum Gasteiger partial charge on any atom is -0.482 e. The van der Waals surface area contributed by atoms with Crippen molar-refractivity contribution in [2.45, 2.75) is 12.5 Å². The standard InChI is InChI=1S/C17H17ClFNO/c18-14-6-7-16(15(19)10-14)21-17(13-8-9-20-11-13)12-4-2-1-3-5-12/h1-7,10,13,17,20H,8-9,11H2/t13-,17?/m0/s1. The fraction of sp³-hybridized carbons (Fsp3) is 0.294. The first-order valence-electron chi connectivity index (χ1n) is 7.11. The fourth-order valence-corrected chi connectivity index (χ4v) is 2.88. The van der Waals surface area contributed by atoms with Crippen LogP contribution in [0.15, 0.2) is 48.5 Å². The minimum atomic E-state index is -0.422. The zero-order chi connectivity index (χ0) is 14.7. The van der Waals surface area contributed by atoms with Gasteiger partial charge in [0.15, 0.2) is 11.6 Å². The maximum atomic E-state index is 14.0. The van der Waals surface area contributed by atoms with Crippen LogP contribution >= 0.6 is 11.6 Å². The summed E-state index contributed by atoms with van der Waals surface area (Å²) in [5.74, 6) is 0.164. The van der Waals surface area contributed by atoms with E-state index in [1.54, 1.807) is 12.1 Å². The van der Waals surface area contributed by atoms with E-state index in [9.17, 15) is 4.39 Å². The topological polar surface area (TPSA) is 21.3 Å². The van der Waals surface area contributed by atoms with E-state index >= 15 is 0 Å². The molecular weight excluding hydrogens is 289 g/mol. The second-order valence-electron chi connectivity index (χ2n) is 5.28. The van der Waals surface area contributed by atoms with Crippen LogP contribution in [0.25, 0.3) is 0 Å². The molecule has 2 nitrogen and oxygen atoms in total. The molecule has 0 saturated carbocycles. The zero-order valence-electron chi connectivity index (χ0n) is 11.6. The summed E-state index contributed by atoms with van der Waals surface area (Å²) in [6, 6.07) is 14.5. The van der Waals surface area contributed by atoms with Gasteiger partial charge in [-0.1, -0.05) is 41.9 Å². The predicted molar refractivity (Wildman–Crippen MR) is 82.2 cm³/mol. The molecule has 1 fully saturated rings. The Balaban J connectivity index is 1.88. The molecule has 0 aromatic heterocycles. The van der Waals surface area contributed by atoms with Crippen molar-refractivity contribution in [3.8, 4) is 5.75 Å². The number of hydrogen-bond acceptors (Lipinski definition) is 2. The Morgan fingerprint density at radius 1 is 1.19 bits per heavy atom. The highest BCUT2D eigenvalue weighted by molar-refractivity contribution is 6.30. The zero-order valence-corrected chi connectivity index (χ0v) is 12.3. The Morgan fingerprint density at radius 2 is 2.00 bits per heavy atom. The Hall–Kier alpha value is -1.58. The molecule has 2 atom stereocenters. The van der Waals surface area contributed by atoms with E-state index in [0.29, 0.717) is 10.9 Å². The van der Waals surface area contributed by atoms with E-state index in [4.69, 9.17) is 16.3 Å². The number of nitrogens with one attached hydrogen (secondary N) is 1. The summed E-state index contributed by atoms with van der Waals surface area (Å²) >= 11 is 5.79. The van der Waals surface area contributed by atoms with Gasteiger partial charge in [0.2, 0.25) is 0 Å². The molecule has 21 heavy (non-hydrogen) atoms. The van der Waals surface area contributed by atoms with E-state index < -0.39 is 5.82 Å². The third kappa shape index (κ3) is 3.36. The molecule has 1 unspecified atom stereocenters. The van der Waals surface area contributed by atoms with Gasteiger partial charge in [0, 0.05) is 17.5 Å². The summed E-state index contributed by atoms with van der Waals surface area (Å²) < 4.78 is 20.0. The monoisotopic (exact) mass is 305 g/mol. The maximum Gasteiger partial charge on any atom is 0.166 e. The second kappa shape index (κ2) is 6.46. The molecule has 2 aromatic carbocycles. The quantitative estimate of drug-likeness (QED) is 0.913. The van der Waals surface area contributed by atoms with Gasteiger partial charge in [0.1, 0.15) is 6.10 Å². The van der Waals surface area contributed by atoms with Gasteiger partial charge in [-0.15, -0.1) is 0 Å². The van der Waals surface area contributed by atoms with Crippen molar-refractivity contribution in [1.29, 1.82) is 0 Å². The van der Waals surface area contributed by atoms with Crippen LogP contribution in [0.1, 0.15) is 18.1 Å². The average molecular weight is 306 g/mol. The second-order valence-corrected chi connectivity index (χ2v) is 5.71. The van der Waals surface area contributed by atoms with Crippen LogP contribution in [-0.4, -0.2) is 13.1 Å². The van der Waals surface area contributed by atoms with Crippen molar-refractivity contribution in [2.24, 2.45) is 5.92 Å². The molecule has 1 N–H and O–H groups in total. The van der Waals surface area contributed by atoms with Crippen LogP contribution in [0.3, 0.4) is 0 Å². The van der Waals surface area contributed by atoms with Gasteiger partial charge < -0.3 is 10.1 Å². The summed E-state index contributed by atoms with van der Waals surface area (Å²) in [4.78, 5) is 0. The first-order chi connectivity index (χ1) is 10.2. The molecular formula is C17H17ClFNO. The molecule has 110 valence electrons. The van der Waals surface area contributed by atoms with Crippen LogP contribution in [0, 0.1) is 11.7 Å². The molecule has 2 aromatic rings. The van der Waals surface area contributed by atoms with Gasteiger partial charge in [-0.05, 0) is 36.7 Å². The lowest BCUT2D eigenvalue weighted by Crippen LogP contribution is -2.21. The van der Waals surface area contributed by atoms with E-state index in [-0.39, 0.29) is 11.9 Å². The molecule has 0 spiro atoms. The normalized spacial score (nSPS) is 19.4. The third-order valence-corrected chi connectivity index (χ3v) is 4.04. The number of ether oxygens (including phenoxy) is 1. The molecule has 1 saturated heterocycles. The highest BCUT2D eigenvalue weighted by Gasteiger charge is 2.28. The summed E-state index contributed by atoms with van der Waals surface area (Å²) in [5, 5.41) is 3.71. The van der Waals surface area contributed by atoms with Crippen LogP contribution in [0.4, 0.5) is 4.39 Å². The van der Waals surface area contributed by atoms with Crippen LogP contribution < -0.4 is 10.1 Å². The lowest BCUT2D eigenvalue weighted by atomic mass is 9.95. The molecule has 1 aliphatic heterocycles. The van der Waals surface area contributed by atoms with Gasteiger partial charge >= 0.3 is 0 Å². The van der Waals surface area contributed by atoms with E-state index in [1.807, 2.05) is 30.3 Å². The number of halogens is 2. The Bertz CT molecular complexity index is 599. The van der Waals surface area contributed by atoms with E-state index in [2.05, 4.69) is 5.32 Å². The fourth-order valence-electron chi connectivity index (χ4n) is 2.72. The largest absolute Gasteiger partial charge is 0.482 e. The number of benzene rings is 2. The minimum absolute atomic E-state index is 0.156. The average Bonchev–Trinajstić information content (AvgIpc) is 3.01. The number of hydrogen-bond donors (Lipinski definition) is 1. The van der Waals surface area contributed by atoms with Crippen LogP contribution in [-0.2, 0) is 0 Å². The van der Waals surface area contributed by atoms with Gasteiger partial charge in [-0.25, -0.2) is 4.39 Å². The Labute approximate surface area is 128 Å². The van der Waals surface area contributed by atoms with E-state index in [1.165, 1.54) is 6.07 Å². The molecule has 4 heteroatoms. The summed E-state index contributed by atoms with van der Waals surface area (Å²) in [7, 11) is 0. The number of rotatable bonds is 4. The van der Waals surface area contributed by atoms with Gasteiger partial charge in [0.25, 0.3) is 0 Å². The lowest BCUT2D eigenvalue weighted by molar-refractivity contribution is 0.138. The molecule has 0 amide bonds. The highest BCUT2D eigenvalue weighted by Crippen LogP contribution is 2.33. The van der Waals surface area contributed by atoms with Crippen molar-refractivity contribution in [2.75, 3.05) is 13.1 Å². The summed E-state index contributed by atoms with van der Waals surface area (Å²) in [5.41, 5.74) is 1.07. The van der Waals surface area contributed by atoms with Crippen molar-refractivity contribution < 1.29 is 9.13 Å². The molecule has 0 bridgehead atoms. The van der Waals surface area contributed by atoms with Crippen molar-refractivity contribution in [3.05, 3.63) is 64.9 Å². The van der Waals surface area contributed by atoms with Gasteiger partial charge in [-0.2, -0.15) is 0 Å². The summed E-state index contributed by atoms with van der Waals surface area (Å²) in [6.45, 7) is 1.86. The molecule has 3 rings (SSSR count). The maximum absolute atomic E-state index is 14.0. The molecule has 1 heterocycles. The van der Waals surface area contributed by atoms with Crippen LogP contribution in [0.5, 0.6) is 5.75 Å². The molecule has 1 aliphatic rings. The smallest absolute Gasteiger partial charge is 0.166 e. The lowest BCUT2D eigenvalue weighted by Gasteiger charge is -2.25. The Morgan fingerprint density at radius 3 is 2.67 bits per heavy atom. The molecule has 0 radical (unpaired) electrons. The SMILES string of the molecule is Fc1cc(Cl)ccc1OC(c1ccccc1)[C@H]1CCNC1.